The minimum absolute atomic E-state index is 0.367. The zero-order chi connectivity index (χ0) is 88.8. The summed E-state index contributed by atoms with van der Waals surface area (Å²) < 4.78 is 2.32. The number of fused-ring (bicyclic) bond motifs is 6. The molecule has 10 N–H and O–H groups in total. The van der Waals surface area contributed by atoms with E-state index < -0.39 is 0 Å². The van der Waals surface area contributed by atoms with Crippen LogP contribution < -0.4 is 0 Å². The van der Waals surface area contributed by atoms with Crippen molar-refractivity contribution >= 4 is 65.4 Å². The quantitative estimate of drug-likeness (QED) is 0.0388. The van der Waals surface area contributed by atoms with Gasteiger partial charge in [-0.25, -0.2) is 0 Å². The predicted molar refractivity (Wildman–Crippen MR) is 530 cm³/mol. The molecule has 13 heterocycles. The molecule has 0 spiro atoms. The van der Waals surface area contributed by atoms with Crippen LogP contribution in [-0.4, -0.2) is 168 Å². The molecule has 7 aromatic heterocycles. The Hall–Kier alpha value is -13.4. The van der Waals surface area contributed by atoms with E-state index >= 15 is 0 Å². The molecule has 0 radical (unpaired) electrons. The number of benzene rings is 11. The first-order valence-electron chi connectivity index (χ1n) is 46.8. The average molecular weight is 1740 g/mol. The highest BCUT2D eigenvalue weighted by Crippen LogP contribution is 2.38. The van der Waals surface area contributed by atoms with Gasteiger partial charge in [0, 0.05) is 171 Å². The van der Waals surface area contributed by atoms with Crippen LogP contribution in [-0.2, 0) is 39.4 Å². The van der Waals surface area contributed by atoms with Gasteiger partial charge in [-0.15, -0.1) is 0 Å². The van der Waals surface area contributed by atoms with E-state index in [4.69, 9.17) is 0 Å². The van der Waals surface area contributed by atoms with Gasteiger partial charge in [-0.2, -0.15) is 0 Å². The molecule has 11 aromatic carbocycles. The third kappa shape index (κ3) is 22.0. The van der Waals surface area contributed by atoms with Crippen molar-refractivity contribution in [2.24, 2.45) is 0 Å². The first kappa shape index (κ1) is 86.9. The highest BCUT2D eigenvalue weighted by Gasteiger charge is 2.31. The van der Waals surface area contributed by atoms with Crippen LogP contribution in [0, 0.1) is 0 Å². The van der Waals surface area contributed by atoms with Gasteiger partial charge in [0.25, 0.3) is 0 Å². The van der Waals surface area contributed by atoms with Crippen LogP contribution in [0.5, 0.6) is 28.7 Å². The van der Waals surface area contributed by atoms with Gasteiger partial charge in [0.1, 0.15) is 28.7 Å². The minimum Gasteiger partial charge on any atom is -0.508 e. The standard InChI is InChI=1S/5C19H20N2O.C18H19N3/c22-17-5-1-3-14(11-17)15-8-10-21(12-15)13-16-4-2-6-19-18(16)7-9-20-19;22-18-6-3-5-16(12-18)17-8-10-20(13-17)14-21-11-9-15-4-1-2-7-19(15)21;22-18-6-3-5-14(11-18)16-8-9-21(12-16)13-17-10-15-4-1-2-7-19(15)20-17;22-18-3-1-2-16(11-18)17-7-9-21(13-17)12-14-4-5-15-6-8-20-19(15)10-14;22-18-3-1-2-15(11-18)17-7-9-21(13-17)12-14-4-5-19-16(10-14)6-8-20-19;1-2-4-18-17(3-1)16(11-20-18)13-21-10-7-15(12-21)14-5-8-19-9-6-14/h1-7,9,11,15,20,22H,8,10,12-13H2;1-7,9,11-12,17,22H,8,10,13-14H2;1-7,10-11,16,20,22H,8-9,12-13H2;2*1-6,8,10-11,17,20,22H,7,9,12-13H2;1-6,8-9,11,15,20H,7,10,12-13H2. The van der Waals surface area contributed by atoms with Gasteiger partial charge in [0.2, 0.25) is 0 Å². The Morgan fingerprint density at radius 2 is 0.702 bits per heavy atom. The zero-order valence-corrected chi connectivity index (χ0v) is 74.5. The van der Waals surface area contributed by atoms with Crippen LogP contribution in [0.1, 0.15) is 135 Å². The largest absolute Gasteiger partial charge is 0.508 e. The van der Waals surface area contributed by atoms with E-state index in [0.29, 0.717) is 64.3 Å². The summed E-state index contributed by atoms with van der Waals surface area (Å²) in [5.41, 5.74) is 21.8. The molecule has 18 aromatic rings. The molecule has 0 saturated carbocycles. The SMILES string of the molecule is Oc1cccc(C2CCN(Cc3cc4ccccc4[nH]3)C2)c1.Oc1cccc(C2CCN(Cc3ccc4[nH]ccc4c3)C2)c1.Oc1cccc(C2CCN(Cc3ccc4cc[nH]c4c3)C2)c1.Oc1cccc(C2CCN(Cc3cccc4[nH]ccc34)C2)c1.Oc1cccc(C2CCN(Cn3ccc4ccccc43)C2)c1.c1ccc2c(CN3CCC(c4ccncc4)C3)c[nH]c2c1. The third-order valence-corrected chi connectivity index (χ3v) is 27.7. The van der Waals surface area contributed by atoms with Crippen molar-refractivity contribution in [3.8, 4) is 28.7 Å². The van der Waals surface area contributed by atoms with Crippen molar-refractivity contribution in [2.75, 3.05) is 78.5 Å². The molecule has 6 unspecified atom stereocenters. The first-order valence-corrected chi connectivity index (χ1v) is 46.8. The maximum atomic E-state index is 9.65. The number of hydrogen-bond acceptors (Lipinski definition) is 12. The van der Waals surface area contributed by atoms with E-state index in [1.54, 1.807) is 30.3 Å². The second-order valence-electron chi connectivity index (χ2n) is 36.8. The first-order chi connectivity index (χ1) is 64.3. The van der Waals surface area contributed by atoms with Crippen molar-refractivity contribution in [2.45, 2.75) is 113 Å². The predicted octanol–water partition coefficient (Wildman–Crippen LogP) is 22.8. The lowest BCUT2D eigenvalue weighted by molar-refractivity contribution is 0.271. The van der Waals surface area contributed by atoms with Crippen molar-refractivity contribution < 1.29 is 25.5 Å². The van der Waals surface area contributed by atoms with E-state index in [9.17, 15) is 25.5 Å². The number of H-pyrrole nitrogens is 5. The molecule has 0 amide bonds. The molecular formula is C113H119N13O5. The van der Waals surface area contributed by atoms with Crippen LogP contribution in [0.2, 0.25) is 0 Å². The lowest BCUT2D eigenvalue weighted by Crippen LogP contribution is -2.23. The number of hydrogen-bond donors (Lipinski definition) is 10. The van der Waals surface area contributed by atoms with Gasteiger partial charge >= 0.3 is 0 Å². The Morgan fingerprint density at radius 1 is 0.282 bits per heavy atom. The van der Waals surface area contributed by atoms with E-state index in [-0.39, 0.29) is 0 Å². The zero-order valence-electron chi connectivity index (χ0n) is 74.5. The molecular weight excluding hydrogens is 1620 g/mol. The lowest BCUT2D eigenvalue weighted by Gasteiger charge is -2.18. The van der Waals surface area contributed by atoms with E-state index in [2.05, 4.69) is 276 Å². The Morgan fingerprint density at radius 3 is 1.27 bits per heavy atom. The van der Waals surface area contributed by atoms with E-state index in [1.807, 2.05) is 91.6 Å². The number of phenolic OH excluding ortho intramolecular Hbond substituents is 5. The van der Waals surface area contributed by atoms with Gasteiger partial charge < -0.3 is 55.0 Å². The number of rotatable bonds is 18. The Labute approximate surface area is 766 Å². The van der Waals surface area contributed by atoms with Crippen LogP contribution in [0.4, 0.5) is 0 Å². The van der Waals surface area contributed by atoms with E-state index in [1.165, 1.54) is 140 Å². The molecule has 0 aliphatic carbocycles. The average Bonchev–Trinajstić information content (AvgIpc) is 1.69. The molecule has 0 bridgehead atoms. The second-order valence-corrected chi connectivity index (χ2v) is 36.8. The van der Waals surface area contributed by atoms with Gasteiger partial charge in [0.15, 0.2) is 0 Å². The topological polar surface area (TPSA) is 217 Å². The number of aromatic nitrogens is 7. The molecule has 24 rings (SSSR count). The summed E-state index contributed by atoms with van der Waals surface area (Å²) in [5.74, 6) is 5.12. The van der Waals surface area contributed by atoms with Crippen molar-refractivity contribution in [3.63, 3.8) is 0 Å². The van der Waals surface area contributed by atoms with Crippen LogP contribution >= 0.6 is 0 Å². The van der Waals surface area contributed by atoms with Gasteiger partial charge in [0.05, 0.1) is 6.67 Å². The molecule has 6 atom stereocenters. The summed E-state index contributed by atoms with van der Waals surface area (Å²) in [4.78, 5) is 35.8. The summed E-state index contributed by atoms with van der Waals surface area (Å²) in [6, 6.07) is 98.9. The summed E-state index contributed by atoms with van der Waals surface area (Å²) in [5, 5.41) is 56.0. The highest BCUT2D eigenvalue weighted by molar-refractivity contribution is 5.85. The molecule has 18 nitrogen and oxygen atoms in total. The fourth-order valence-electron chi connectivity index (χ4n) is 20.9. The minimum atomic E-state index is 0.367. The van der Waals surface area contributed by atoms with Crippen LogP contribution in [0.3, 0.4) is 0 Å². The number of nitrogens with one attached hydrogen (secondary N) is 5. The maximum absolute atomic E-state index is 9.65. The molecule has 6 fully saturated rings. The molecule has 131 heavy (non-hydrogen) atoms. The van der Waals surface area contributed by atoms with E-state index in [0.717, 1.165) is 143 Å². The fourth-order valence-corrected chi connectivity index (χ4v) is 20.9. The van der Waals surface area contributed by atoms with Crippen molar-refractivity contribution in [1.82, 2.24) is 63.9 Å². The number of pyridine rings is 1. The van der Waals surface area contributed by atoms with Crippen molar-refractivity contribution in [3.05, 3.63) is 396 Å². The van der Waals surface area contributed by atoms with Gasteiger partial charge in [-0.1, -0.05) is 146 Å². The normalized spacial score (nSPS) is 19.1. The summed E-state index contributed by atoms with van der Waals surface area (Å²) >= 11 is 0. The summed E-state index contributed by atoms with van der Waals surface area (Å²) in [6.45, 7) is 19.1. The maximum Gasteiger partial charge on any atom is 0.115 e. The highest BCUT2D eigenvalue weighted by atomic mass is 16.3. The monoisotopic (exact) mass is 1740 g/mol. The lowest BCUT2D eigenvalue weighted by atomic mass is 9.98. The van der Waals surface area contributed by atoms with Gasteiger partial charge in [-0.3, -0.25) is 34.4 Å². The van der Waals surface area contributed by atoms with Crippen LogP contribution in [0.25, 0.3) is 65.4 Å². The smallest absolute Gasteiger partial charge is 0.115 e. The third-order valence-electron chi connectivity index (χ3n) is 27.7. The Bertz CT molecular complexity index is 6510. The van der Waals surface area contributed by atoms with Crippen molar-refractivity contribution in [1.29, 1.82) is 0 Å². The molecule has 666 valence electrons. The Balaban J connectivity index is 0.000000102. The molecule has 18 heteroatoms. The molecule has 6 saturated heterocycles. The number of likely N-dealkylation sites (tertiary alicyclic amines) is 6. The number of aromatic amines is 5. The van der Waals surface area contributed by atoms with Gasteiger partial charge in [-0.05, 0) is 330 Å². The van der Waals surface area contributed by atoms with Crippen LogP contribution in [0.15, 0.2) is 335 Å². The summed E-state index contributed by atoms with van der Waals surface area (Å²) in [7, 11) is 0. The molecule has 6 aliphatic heterocycles. The number of phenols is 5. The second kappa shape index (κ2) is 41.1. The number of para-hydroxylation sites is 3. The number of nitrogens with zero attached hydrogens (tertiary/aromatic N) is 8. The fraction of sp³-hybridized carbons (Fsp3) is 0.265. The summed E-state index contributed by atoms with van der Waals surface area (Å²) in [6.07, 6.45) is 21.2. The number of aromatic hydroxyl groups is 5. The Kier molecular flexibility index (Phi) is 27.3. The molecule has 6 aliphatic rings.